The Hall–Kier alpha value is -1.83. The van der Waals surface area contributed by atoms with Gasteiger partial charge in [0.2, 0.25) is 0 Å². The van der Waals surface area contributed by atoms with E-state index < -0.39 is 5.97 Å². The van der Waals surface area contributed by atoms with Gasteiger partial charge in [0.05, 0.1) is 0 Å². The van der Waals surface area contributed by atoms with E-state index in [4.69, 9.17) is 5.11 Å². The van der Waals surface area contributed by atoms with Crippen LogP contribution in [0.5, 0.6) is 0 Å². The molecular weight excluding hydrogens is 272 g/mol. The zero-order valence-electron chi connectivity index (χ0n) is 14.2. The molecule has 1 aliphatic carbocycles. The van der Waals surface area contributed by atoms with E-state index in [2.05, 4.69) is 39.8 Å². The topological polar surface area (TPSA) is 37.3 Å². The second-order valence-corrected chi connectivity index (χ2v) is 6.45. The van der Waals surface area contributed by atoms with Crippen LogP contribution in [0.1, 0.15) is 53.4 Å². The summed E-state index contributed by atoms with van der Waals surface area (Å²) in [5.41, 5.74) is 4.55. The summed E-state index contributed by atoms with van der Waals surface area (Å²) in [5, 5.41) is 8.50. The van der Waals surface area contributed by atoms with Crippen LogP contribution in [0.3, 0.4) is 0 Å². The molecule has 0 aliphatic heterocycles. The van der Waals surface area contributed by atoms with Crippen molar-refractivity contribution >= 4 is 5.97 Å². The number of hydrogen-bond acceptors (Lipinski definition) is 1. The van der Waals surface area contributed by atoms with Crippen LogP contribution in [-0.2, 0) is 4.79 Å². The van der Waals surface area contributed by atoms with Crippen molar-refractivity contribution in [2.75, 3.05) is 0 Å². The minimum atomic E-state index is -0.926. The molecule has 0 fully saturated rings. The summed E-state index contributed by atoms with van der Waals surface area (Å²) in [6.07, 6.45) is 17.4. The summed E-state index contributed by atoms with van der Waals surface area (Å²) >= 11 is 0. The van der Waals surface area contributed by atoms with Crippen molar-refractivity contribution in [2.45, 2.75) is 53.4 Å². The van der Waals surface area contributed by atoms with Gasteiger partial charge in [-0.2, -0.15) is 0 Å². The highest BCUT2D eigenvalue weighted by molar-refractivity contribution is 5.80. The molecule has 0 spiro atoms. The Kier molecular flexibility index (Phi) is 7.10. The molecule has 22 heavy (non-hydrogen) atoms. The van der Waals surface area contributed by atoms with Crippen LogP contribution in [0.4, 0.5) is 0 Å². The van der Waals surface area contributed by atoms with Crippen LogP contribution in [0.2, 0.25) is 0 Å². The highest BCUT2D eigenvalue weighted by Gasteiger charge is 2.26. The molecule has 0 aromatic heterocycles. The van der Waals surface area contributed by atoms with Gasteiger partial charge in [0, 0.05) is 6.08 Å². The molecule has 0 radical (unpaired) electrons. The number of carboxylic acid groups (broad SMARTS) is 1. The standard InChI is InChI=1S/C20H28O2/c1-5-17(12-8-6-7-9-13-19(21)22)15-18-16(2)11-10-14-20(18,3)4/h6-9,12-13,15H,5,10-11,14H2,1-4H3,(H,21,22)/b7-6+,12-8+,13-9+,17-15+. The number of allylic oxidation sites excluding steroid dienone is 9. The van der Waals surface area contributed by atoms with Gasteiger partial charge >= 0.3 is 5.97 Å². The predicted molar refractivity (Wildman–Crippen MR) is 93.8 cm³/mol. The van der Waals surface area contributed by atoms with Crippen LogP contribution < -0.4 is 0 Å². The second kappa shape index (κ2) is 8.57. The Morgan fingerprint density at radius 1 is 1.18 bits per heavy atom. The summed E-state index contributed by atoms with van der Waals surface area (Å²) in [4.78, 5) is 10.3. The van der Waals surface area contributed by atoms with Crippen molar-refractivity contribution in [3.05, 3.63) is 59.3 Å². The van der Waals surface area contributed by atoms with Crippen LogP contribution in [0.15, 0.2) is 59.3 Å². The molecular formula is C20H28O2. The highest BCUT2D eigenvalue weighted by Crippen LogP contribution is 2.41. The first kappa shape index (κ1) is 18.2. The Bertz CT molecular complexity index is 540. The minimum absolute atomic E-state index is 0.261. The molecule has 0 heterocycles. The zero-order chi connectivity index (χ0) is 16.6. The monoisotopic (exact) mass is 300 g/mol. The maximum atomic E-state index is 10.3. The first-order valence-electron chi connectivity index (χ1n) is 8.02. The average Bonchev–Trinajstić information content (AvgIpc) is 2.43. The smallest absolute Gasteiger partial charge is 0.328 e. The van der Waals surface area contributed by atoms with Crippen molar-refractivity contribution in [2.24, 2.45) is 5.41 Å². The third kappa shape index (κ3) is 5.88. The fourth-order valence-corrected chi connectivity index (χ4v) is 2.86. The maximum absolute atomic E-state index is 10.3. The number of carboxylic acids is 1. The molecule has 1 N–H and O–H groups in total. The van der Waals surface area contributed by atoms with Gasteiger partial charge in [0.1, 0.15) is 0 Å². The highest BCUT2D eigenvalue weighted by atomic mass is 16.4. The third-order valence-electron chi connectivity index (χ3n) is 4.16. The summed E-state index contributed by atoms with van der Waals surface area (Å²) in [5.74, 6) is -0.926. The second-order valence-electron chi connectivity index (χ2n) is 6.45. The van der Waals surface area contributed by atoms with Crippen LogP contribution in [-0.4, -0.2) is 11.1 Å². The largest absolute Gasteiger partial charge is 0.478 e. The van der Waals surface area contributed by atoms with Gasteiger partial charge in [-0.1, -0.05) is 62.8 Å². The fraction of sp³-hybridized carbons (Fsp3) is 0.450. The molecule has 0 amide bonds. The van der Waals surface area contributed by atoms with E-state index in [-0.39, 0.29) is 5.41 Å². The van der Waals surface area contributed by atoms with E-state index in [1.807, 2.05) is 12.2 Å². The van der Waals surface area contributed by atoms with Crippen molar-refractivity contribution in [3.8, 4) is 0 Å². The molecule has 1 aliphatic rings. The van der Waals surface area contributed by atoms with Crippen molar-refractivity contribution in [3.63, 3.8) is 0 Å². The SMILES string of the molecule is CCC(/C=C/C=C/C=C/C(=O)O)=C\C1=C(C)CCCC1(C)C. The fourth-order valence-electron chi connectivity index (χ4n) is 2.86. The summed E-state index contributed by atoms with van der Waals surface area (Å²) in [6.45, 7) is 9.07. The molecule has 2 heteroatoms. The first-order valence-corrected chi connectivity index (χ1v) is 8.02. The lowest BCUT2D eigenvalue weighted by molar-refractivity contribution is -0.131. The van der Waals surface area contributed by atoms with Gasteiger partial charge in [-0.25, -0.2) is 4.79 Å². The van der Waals surface area contributed by atoms with Crippen LogP contribution in [0, 0.1) is 5.41 Å². The first-order chi connectivity index (χ1) is 10.4. The molecule has 0 bridgehead atoms. The van der Waals surface area contributed by atoms with E-state index >= 15 is 0 Å². The van der Waals surface area contributed by atoms with Gasteiger partial charge in [0.25, 0.3) is 0 Å². The normalized spacial score (nSPS) is 19.7. The Morgan fingerprint density at radius 2 is 1.82 bits per heavy atom. The molecule has 0 unspecified atom stereocenters. The number of hydrogen-bond donors (Lipinski definition) is 1. The predicted octanol–water partition coefficient (Wildman–Crippen LogP) is 5.60. The molecule has 0 atom stereocenters. The van der Waals surface area contributed by atoms with E-state index in [0.717, 1.165) is 12.5 Å². The van der Waals surface area contributed by atoms with Gasteiger partial charge in [-0.05, 0) is 49.2 Å². The quantitative estimate of drug-likeness (QED) is 0.512. The summed E-state index contributed by atoms with van der Waals surface area (Å²) in [6, 6.07) is 0. The van der Waals surface area contributed by atoms with E-state index in [0.29, 0.717) is 0 Å². The molecule has 0 saturated heterocycles. The Morgan fingerprint density at radius 3 is 2.36 bits per heavy atom. The van der Waals surface area contributed by atoms with Crippen LogP contribution >= 0.6 is 0 Å². The molecule has 2 nitrogen and oxygen atoms in total. The van der Waals surface area contributed by atoms with Crippen molar-refractivity contribution in [1.82, 2.24) is 0 Å². The van der Waals surface area contributed by atoms with Crippen LogP contribution in [0.25, 0.3) is 0 Å². The molecule has 0 aromatic carbocycles. The molecule has 0 saturated carbocycles. The minimum Gasteiger partial charge on any atom is -0.478 e. The summed E-state index contributed by atoms with van der Waals surface area (Å²) < 4.78 is 0. The number of carbonyl (C=O) groups is 1. The lowest BCUT2D eigenvalue weighted by Gasteiger charge is -2.33. The van der Waals surface area contributed by atoms with Gasteiger partial charge in [-0.15, -0.1) is 0 Å². The average molecular weight is 300 g/mol. The molecule has 1 rings (SSSR count). The lowest BCUT2D eigenvalue weighted by Crippen LogP contribution is -2.19. The third-order valence-corrected chi connectivity index (χ3v) is 4.16. The number of rotatable bonds is 6. The van der Waals surface area contributed by atoms with E-state index in [9.17, 15) is 4.79 Å². The van der Waals surface area contributed by atoms with E-state index in [1.54, 1.807) is 6.08 Å². The molecule has 120 valence electrons. The lowest BCUT2D eigenvalue weighted by atomic mass is 9.72. The van der Waals surface area contributed by atoms with E-state index in [1.165, 1.54) is 42.1 Å². The van der Waals surface area contributed by atoms with Crippen molar-refractivity contribution < 1.29 is 9.90 Å². The van der Waals surface area contributed by atoms with Crippen molar-refractivity contribution in [1.29, 1.82) is 0 Å². The summed E-state index contributed by atoms with van der Waals surface area (Å²) in [7, 11) is 0. The molecule has 0 aromatic rings. The van der Waals surface area contributed by atoms with Gasteiger partial charge in [0.15, 0.2) is 0 Å². The van der Waals surface area contributed by atoms with Gasteiger partial charge in [-0.3, -0.25) is 0 Å². The zero-order valence-corrected chi connectivity index (χ0v) is 14.2. The number of aliphatic carboxylic acids is 1. The Balaban J connectivity index is 2.85. The van der Waals surface area contributed by atoms with Gasteiger partial charge < -0.3 is 5.11 Å². The maximum Gasteiger partial charge on any atom is 0.328 e. The Labute approximate surface area is 134 Å².